The zero-order valence-electron chi connectivity index (χ0n) is 15.0. The molecule has 2 aromatic rings. The number of hydrogen-bond donors (Lipinski definition) is 3. The maximum atomic E-state index is 11.9. The molecule has 8 nitrogen and oxygen atoms in total. The zero-order valence-corrected chi connectivity index (χ0v) is 15.0. The maximum Gasteiger partial charge on any atom is 0.253 e. The molecule has 1 aromatic heterocycles. The van der Waals surface area contributed by atoms with E-state index in [2.05, 4.69) is 27.2 Å². The van der Waals surface area contributed by atoms with Crippen molar-refractivity contribution in [3.63, 3.8) is 0 Å². The van der Waals surface area contributed by atoms with Crippen LogP contribution >= 0.6 is 0 Å². The highest BCUT2D eigenvalue weighted by Crippen LogP contribution is 2.31. The Balaban J connectivity index is 2.35. The first-order valence-corrected chi connectivity index (χ1v) is 7.92. The fourth-order valence-electron chi connectivity index (χ4n) is 2.05. The minimum atomic E-state index is -0.649. The summed E-state index contributed by atoms with van der Waals surface area (Å²) in [6, 6.07) is 0.00641. The first-order chi connectivity index (χ1) is 11.6. The molecule has 0 unspecified atom stereocenters. The third-order valence-corrected chi connectivity index (χ3v) is 4.16. The Labute approximate surface area is 145 Å². The Morgan fingerprint density at radius 2 is 1.76 bits per heavy atom. The van der Waals surface area contributed by atoms with Crippen LogP contribution in [-0.2, 0) is 0 Å². The van der Waals surface area contributed by atoms with Crippen molar-refractivity contribution in [3.05, 3.63) is 39.0 Å². The van der Waals surface area contributed by atoms with Gasteiger partial charge in [0, 0.05) is 20.1 Å². The van der Waals surface area contributed by atoms with E-state index in [4.69, 9.17) is 0 Å². The third-order valence-electron chi connectivity index (χ3n) is 4.16. The molecular formula is C17H23N5O3. The monoisotopic (exact) mass is 345 g/mol. The zero-order chi connectivity index (χ0) is 18.9. The van der Waals surface area contributed by atoms with Gasteiger partial charge in [-0.05, 0) is 12.8 Å². The molecule has 0 saturated carbocycles. The fraction of sp³-hybridized carbons (Fsp3) is 0.412. The van der Waals surface area contributed by atoms with Crippen molar-refractivity contribution in [1.29, 1.82) is 0 Å². The lowest BCUT2D eigenvalue weighted by Crippen LogP contribution is -2.39. The van der Waals surface area contributed by atoms with E-state index in [0.29, 0.717) is 5.70 Å². The molecule has 1 aromatic carbocycles. The smallest absolute Gasteiger partial charge is 0.253 e. The van der Waals surface area contributed by atoms with Crippen LogP contribution in [0.5, 0.6) is 5.75 Å². The highest BCUT2D eigenvalue weighted by Gasteiger charge is 2.25. The van der Waals surface area contributed by atoms with Crippen LogP contribution in [0, 0.1) is 5.92 Å². The number of hydrogen-bond acceptors (Lipinski definition) is 8. The lowest BCUT2D eigenvalue weighted by atomic mass is 10.0. The standard InChI is InChI=1S/C17H23N5O3/c1-8(2)9(3)20-12-13(15(24)14(12)23)21-17-16(25)11(18-7-19-17)10(4)22(5)6/h7-9,20,25H,4H2,1-3,5-6H3,(H,18,19,21)/t9-/m0/s1. The molecule has 134 valence electrons. The Kier molecular flexibility index (Phi) is 5.10. The summed E-state index contributed by atoms with van der Waals surface area (Å²) in [5.41, 5.74) is -0.206. The average molecular weight is 345 g/mol. The van der Waals surface area contributed by atoms with Crippen LogP contribution in [-0.4, -0.2) is 40.1 Å². The van der Waals surface area contributed by atoms with Gasteiger partial charge in [0.25, 0.3) is 10.9 Å². The van der Waals surface area contributed by atoms with Crippen molar-refractivity contribution in [2.75, 3.05) is 24.7 Å². The first-order valence-electron chi connectivity index (χ1n) is 7.92. The minimum absolute atomic E-state index is 0.00641. The topological polar surface area (TPSA) is 107 Å². The Morgan fingerprint density at radius 1 is 1.16 bits per heavy atom. The Bertz CT molecular complexity index is 866. The normalized spacial score (nSPS) is 12.2. The quantitative estimate of drug-likeness (QED) is 0.648. The van der Waals surface area contributed by atoms with E-state index < -0.39 is 10.9 Å². The summed E-state index contributed by atoms with van der Waals surface area (Å²) in [6.45, 7) is 9.78. The molecule has 0 spiro atoms. The van der Waals surface area contributed by atoms with Gasteiger partial charge in [-0.3, -0.25) is 9.59 Å². The number of rotatable bonds is 7. The second-order valence-corrected chi connectivity index (χ2v) is 6.47. The second-order valence-electron chi connectivity index (χ2n) is 6.47. The molecule has 0 saturated heterocycles. The Hall–Kier alpha value is -2.90. The SMILES string of the molecule is C=C(c1ncnc(Nc2c(N[C@@H](C)C(C)C)c(=O)c2=O)c1O)N(C)C. The van der Waals surface area contributed by atoms with Gasteiger partial charge < -0.3 is 20.6 Å². The average Bonchev–Trinajstić information content (AvgIpc) is 2.57. The van der Waals surface area contributed by atoms with Gasteiger partial charge in [-0.1, -0.05) is 20.4 Å². The van der Waals surface area contributed by atoms with Crippen LogP contribution in [0.1, 0.15) is 26.5 Å². The van der Waals surface area contributed by atoms with Gasteiger partial charge in [0.05, 0.1) is 5.70 Å². The van der Waals surface area contributed by atoms with E-state index in [1.54, 1.807) is 19.0 Å². The van der Waals surface area contributed by atoms with Gasteiger partial charge in [-0.25, -0.2) is 9.97 Å². The van der Waals surface area contributed by atoms with Crippen molar-refractivity contribution < 1.29 is 5.11 Å². The van der Waals surface area contributed by atoms with Crippen LogP contribution in [0.3, 0.4) is 0 Å². The Morgan fingerprint density at radius 3 is 2.32 bits per heavy atom. The molecule has 0 aliphatic carbocycles. The number of anilines is 3. The summed E-state index contributed by atoms with van der Waals surface area (Å²) in [6.07, 6.45) is 1.25. The third kappa shape index (κ3) is 3.47. The fourth-order valence-corrected chi connectivity index (χ4v) is 2.05. The lowest BCUT2D eigenvalue weighted by molar-refractivity contribution is 0.465. The molecule has 0 aliphatic heterocycles. The molecule has 0 fully saturated rings. The molecule has 0 bridgehead atoms. The molecule has 2 rings (SSSR count). The summed E-state index contributed by atoms with van der Waals surface area (Å²) >= 11 is 0. The molecule has 0 aliphatic rings. The summed E-state index contributed by atoms with van der Waals surface area (Å²) < 4.78 is 0. The van der Waals surface area contributed by atoms with Gasteiger partial charge in [0.15, 0.2) is 11.6 Å². The van der Waals surface area contributed by atoms with Crippen LogP contribution in [0.2, 0.25) is 0 Å². The van der Waals surface area contributed by atoms with Crippen molar-refractivity contribution in [2.45, 2.75) is 26.8 Å². The molecule has 0 amide bonds. The van der Waals surface area contributed by atoms with Crippen molar-refractivity contribution in [1.82, 2.24) is 14.9 Å². The summed E-state index contributed by atoms with van der Waals surface area (Å²) in [4.78, 5) is 33.4. The highest BCUT2D eigenvalue weighted by atomic mass is 16.3. The largest absolute Gasteiger partial charge is 0.503 e. The van der Waals surface area contributed by atoms with Crippen molar-refractivity contribution in [3.8, 4) is 5.75 Å². The lowest BCUT2D eigenvalue weighted by Gasteiger charge is -2.22. The maximum absolute atomic E-state index is 11.9. The van der Waals surface area contributed by atoms with E-state index >= 15 is 0 Å². The molecule has 8 heteroatoms. The molecule has 1 atom stereocenters. The summed E-state index contributed by atoms with van der Waals surface area (Å²) in [5.74, 6) is 0.0807. The number of aromatic nitrogens is 2. The number of nitrogens with zero attached hydrogens (tertiary/aromatic N) is 3. The molecule has 1 heterocycles. The van der Waals surface area contributed by atoms with Crippen LogP contribution in [0.25, 0.3) is 5.70 Å². The minimum Gasteiger partial charge on any atom is -0.503 e. The van der Waals surface area contributed by atoms with Crippen LogP contribution in [0.15, 0.2) is 22.5 Å². The van der Waals surface area contributed by atoms with Gasteiger partial charge in [-0.15, -0.1) is 0 Å². The second kappa shape index (κ2) is 6.92. The van der Waals surface area contributed by atoms with Crippen molar-refractivity contribution in [2.24, 2.45) is 5.92 Å². The van der Waals surface area contributed by atoms with E-state index in [0.717, 1.165) is 0 Å². The van der Waals surface area contributed by atoms with Crippen molar-refractivity contribution >= 4 is 22.9 Å². The predicted octanol–water partition coefficient (Wildman–Crippen LogP) is 1.51. The van der Waals surface area contributed by atoms with E-state index in [1.165, 1.54) is 6.33 Å². The molecular weight excluding hydrogens is 322 g/mol. The van der Waals surface area contributed by atoms with E-state index in [1.807, 2.05) is 20.8 Å². The first kappa shape index (κ1) is 18.4. The number of nitrogens with one attached hydrogen (secondary N) is 2. The summed E-state index contributed by atoms with van der Waals surface area (Å²) in [5, 5.41) is 16.1. The van der Waals surface area contributed by atoms with Gasteiger partial charge in [0.2, 0.25) is 0 Å². The molecule has 0 radical (unpaired) electrons. The summed E-state index contributed by atoms with van der Waals surface area (Å²) in [7, 11) is 3.53. The van der Waals surface area contributed by atoms with Crippen LogP contribution < -0.4 is 21.5 Å². The molecule has 25 heavy (non-hydrogen) atoms. The van der Waals surface area contributed by atoms with Gasteiger partial charge in [0.1, 0.15) is 23.4 Å². The van der Waals surface area contributed by atoms with E-state index in [-0.39, 0.29) is 40.6 Å². The molecule has 3 N–H and O–H groups in total. The van der Waals surface area contributed by atoms with Gasteiger partial charge >= 0.3 is 0 Å². The van der Waals surface area contributed by atoms with Crippen LogP contribution in [0.4, 0.5) is 17.2 Å². The highest BCUT2D eigenvalue weighted by molar-refractivity contribution is 5.81. The number of aromatic hydroxyl groups is 1. The predicted molar refractivity (Wildman–Crippen MR) is 99.0 cm³/mol. The van der Waals surface area contributed by atoms with Gasteiger partial charge in [-0.2, -0.15) is 0 Å². The van der Waals surface area contributed by atoms with E-state index in [9.17, 15) is 14.7 Å².